The highest BCUT2D eigenvalue weighted by molar-refractivity contribution is 7.00. The molecule has 2 heterocycles. The van der Waals surface area contributed by atoms with Gasteiger partial charge < -0.3 is 9.80 Å². The van der Waals surface area contributed by atoms with Crippen LogP contribution in [0.1, 0.15) is 90.1 Å². The fourth-order valence-corrected chi connectivity index (χ4v) is 9.17. The molecular formula is C45H51BN2Si. The molecule has 0 spiro atoms. The van der Waals surface area contributed by atoms with Crippen LogP contribution >= 0.6 is 0 Å². The summed E-state index contributed by atoms with van der Waals surface area (Å²) in [6.07, 6.45) is 0. The molecule has 7 rings (SSSR count). The highest BCUT2D eigenvalue weighted by Gasteiger charge is 2.44. The van der Waals surface area contributed by atoms with Crippen molar-refractivity contribution in [2.24, 2.45) is 0 Å². The molecule has 0 atom stereocenters. The highest BCUT2D eigenvalue weighted by atomic mass is 28.2. The summed E-state index contributed by atoms with van der Waals surface area (Å²) in [6, 6.07) is 35.6. The van der Waals surface area contributed by atoms with Gasteiger partial charge in [-0.3, -0.25) is 0 Å². The first-order chi connectivity index (χ1) is 22.9. The summed E-state index contributed by atoms with van der Waals surface area (Å²) in [5.74, 6) is 0. The second kappa shape index (κ2) is 11.5. The van der Waals surface area contributed by atoms with Gasteiger partial charge in [0.25, 0.3) is 6.71 Å². The predicted molar refractivity (Wildman–Crippen MR) is 217 cm³/mol. The summed E-state index contributed by atoms with van der Waals surface area (Å²) in [5, 5.41) is 1.65. The second-order valence-corrected chi connectivity index (χ2v) is 19.9. The Labute approximate surface area is 298 Å². The monoisotopic (exact) mass is 658 g/mol. The molecule has 0 saturated carbocycles. The van der Waals surface area contributed by atoms with Crippen LogP contribution in [0.5, 0.6) is 0 Å². The smallest absolute Gasteiger partial charge is 0.252 e. The van der Waals surface area contributed by atoms with Crippen molar-refractivity contribution in [1.82, 2.24) is 0 Å². The van der Waals surface area contributed by atoms with Crippen molar-refractivity contribution in [3.8, 4) is 0 Å². The third kappa shape index (κ3) is 5.86. The van der Waals surface area contributed by atoms with Gasteiger partial charge in [0.2, 0.25) is 0 Å². The normalized spacial score (nSPS) is 14.1. The topological polar surface area (TPSA) is 6.48 Å². The number of fused-ring (bicyclic) bond motifs is 4. The molecule has 0 aromatic heterocycles. The molecule has 2 radical (unpaired) electrons. The van der Waals surface area contributed by atoms with Gasteiger partial charge in [0, 0.05) is 28.4 Å². The molecule has 2 nitrogen and oxygen atoms in total. The van der Waals surface area contributed by atoms with Gasteiger partial charge in [-0.25, -0.2) is 0 Å². The molecular weight excluding hydrogens is 607 g/mol. The largest absolute Gasteiger partial charge is 0.311 e. The van der Waals surface area contributed by atoms with Crippen molar-refractivity contribution in [1.29, 1.82) is 0 Å². The minimum absolute atomic E-state index is 0.0296. The van der Waals surface area contributed by atoms with E-state index in [0.717, 1.165) is 9.52 Å². The third-order valence-corrected chi connectivity index (χ3v) is 11.6. The average molecular weight is 659 g/mol. The summed E-state index contributed by atoms with van der Waals surface area (Å²) in [5.41, 5.74) is 18.5. The van der Waals surface area contributed by atoms with E-state index in [4.69, 9.17) is 0 Å². The van der Waals surface area contributed by atoms with E-state index in [1.807, 2.05) is 0 Å². The molecule has 0 fully saturated rings. The summed E-state index contributed by atoms with van der Waals surface area (Å²) in [4.78, 5) is 5.14. The van der Waals surface area contributed by atoms with Crippen LogP contribution in [0, 0.1) is 20.8 Å². The molecule has 248 valence electrons. The molecule has 0 N–H and O–H groups in total. The fraction of sp³-hybridized carbons (Fsp3) is 0.333. The third-order valence-electron chi connectivity index (χ3n) is 10.3. The van der Waals surface area contributed by atoms with Gasteiger partial charge in [-0.15, -0.1) is 0 Å². The van der Waals surface area contributed by atoms with Gasteiger partial charge in [0.1, 0.15) is 0 Å². The minimum Gasteiger partial charge on any atom is -0.311 e. The van der Waals surface area contributed by atoms with E-state index in [2.05, 4.69) is 184 Å². The summed E-state index contributed by atoms with van der Waals surface area (Å²) in [7, 11) is 0.725. The molecule has 0 saturated heterocycles. The first-order valence-corrected chi connectivity index (χ1v) is 18.9. The van der Waals surface area contributed by atoms with E-state index in [-0.39, 0.29) is 22.6 Å². The SMILES string of the molecule is Cc1cc2c3c(c1)N(c1c(C)cccc1C)c1ccc([Si]C(C)(C)C)cc1B3c1cc(C(C)(C)C)ccc1N2c1ccc(C(C)(C)C)cc1. The maximum Gasteiger partial charge on any atom is 0.252 e. The van der Waals surface area contributed by atoms with Crippen LogP contribution in [0.4, 0.5) is 34.1 Å². The lowest BCUT2D eigenvalue weighted by Crippen LogP contribution is -2.62. The molecule has 0 bridgehead atoms. The summed E-state index contributed by atoms with van der Waals surface area (Å²) >= 11 is 0. The van der Waals surface area contributed by atoms with E-state index in [0.29, 0.717) is 0 Å². The van der Waals surface area contributed by atoms with Gasteiger partial charge in [-0.2, -0.15) is 0 Å². The van der Waals surface area contributed by atoms with Gasteiger partial charge >= 0.3 is 0 Å². The molecule has 0 unspecified atom stereocenters. The number of para-hydroxylation sites is 1. The minimum atomic E-state index is 0.0296. The van der Waals surface area contributed by atoms with Crippen LogP contribution in [-0.4, -0.2) is 16.2 Å². The summed E-state index contributed by atoms with van der Waals surface area (Å²) in [6.45, 7) is 27.9. The number of benzene rings is 5. The van der Waals surface area contributed by atoms with Crippen molar-refractivity contribution in [2.75, 3.05) is 9.80 Å². The lowest BCUT2D eigenvalue weighted by atomic mass is 9.33. The molecule has 2 aliphatic heterocycles. The van der Waals surface area contributed by atoms with Crippen LogP contribution in [0.15, 0.2) is 91.0 Å². The van der Waals surface area contributed by atoms with Gasteiger partial charge in [0.05, 0.1) is 15.2 Å². The maximum absolute atomic E-state index is 2.59. The predicted octanol–water partition coefficient (Wildman–Crippen LogP) is 9.84. The van der Waals surface area contributed by atoms with Crippen LogP contribution < -0.4 is 31.4 Å². The Morgan fingerprint density at radius 2 is 1.06 bits per heavy atom. The number of hydrogen-bond acceptors (Lipinski definition) is 2. The Morgan fingerprint density at radius 3 is 1.65 bits per heavy atom. The van der Waals surface area contributed by atoms with E-state index in [9.17, 15) is 0 Å². The quantitative estimate of drug-likeness (QED) is 0.175. The molecule has 4 heteroatoms. The number of hydrogen-bond donors (Lipinski definition) is 0. The van der Waals surface area contributed by atoms with Gasteiger partial charge in [-0.05, 0) is 117 Å². The summed E-state index contributed by atoms with van der Waals surface area (Å²) < 4.78 is 0. The van der Waals surface area contributed by atoms with E-state index >= 15 is 0 Å². The number of aryl methyl sites for hydroxylation is 3. The van der Waals surface area contributed by atoms with Crippen molar-refractivity contribution in [3.05, 3.63) is 119 Å². The number of rotatable bonds is 3. The Balaban J connectivity index is 1.59. The number of nitrogens with zero attached hydrogens (tertiary/aromatic N) is 2. The number of anilines is 6. The zero-order valence-corrected chi connectivity index (χ0v) is 32.6. The lowest BCUT2D eigenvalue weighted by Gasteiger charge is -2.45. The van der Waals surface area contributed by atoms with Crippen molar-refractivity contribution >= 4 is 71.9 Å². The molecule has 0 aliphatic carbocycles. The first-order valence-electron chi connectivity index (χ1n) is 17.9. The van der Waals surface area contributed by atoms with Gasteiger partial charge in [-0.1, -0.05) is 122 Å². The molecule has 5 aromatic carbocycles. The Kier molecular flexibility index (Phi) is 7.87. The lowest BCUT2D eigenvalue weighted by molar-refractivity contribution is 0.590. The zero-order valence-electron chi connectivity index (χ0n) is 31.6. The first kappa shape index (κ1) is 33.5. The van der Waals surface area contributed by atoms with Crippen LogP contribution in [-0.2, 0) is 10.8 Å². The molecule has 0 amide bonds. The van der Waals surface area contributed by atoms with Gasteiger partial charge in [0.15, 0.2) is 0 Å². The Hall–Kier alpha value is -4.02. The van der Waals surface area contributed by atoms with E-state index in [1.165, 1.54) is 83.5 Å². The molecule has 2 aliphatic rings. The fourth-order valence-electron chi connectivity index (χ4n) is 7.91. The second-order valence-electron chi connectivity index (χ2n) is 17.5. The van der Waals surface area contributed by atoms with Crippen LogP contribution in [0.3, 0.4) is 0 Å². The van der Waals surface area contributed by atoms with Crippen LogP contribution in [0.25, 0.3) is 0 Å². The Bertz CT molecular complexity index is 2070. The molecule has 49 heavy (non-hydrogen) atoms. The average Bonchev–Trinajstić information content (AvgIpc) is 3.00. The van der Waals surface area contributed by atoms with E-state index in [1.54, 1.807) is 0 Å². The molecule has 5 aromatic rings. The van der Waals surface area contributed by atoms with Crippen molar-refractivity contribution in [2.45, 2.75) is 99.0 Å². The van der Waals surface area contributed by atoms with Crippen molar-refractivity contribution < 1.29 is 0 Å². The zero-order chi connectivity index (χ0) is 35.2. The highest BCUT2D eigenvalue weighted by Crippen LogP contribution is 2.46. The van der Waals surface area contributed by atoms with Crippen molar-refractivity contribution in [3.63, 3.8) is 0 Å². The Morgan fingerprint density at radius 1 is 0.531 bits per heavy atom. The van der Waals surface area contributed by atoms with E-state index < -0.39 is 0 Å². The van der Waals surface area contributed by atoms with Crippen LogP contribution in [0.2, 0.25) is 5.04 Å². The standard InChI is InChI=1S/C45H51BN2Si/c1-28-24-39-41-40(25-28)48(42-29(2)14-13-15-30(42)3)38-23-21-34(49-45(10,11)12)27-36(38)46(41)35-26-32(44(7,8)9)18-22-37(35)47(39)33-19-16-31(17-20-33)43(4,5)6/h13-27H,1-12H3. The maximum atomic E-state index is 2.59.